The summed E-state index contributed by atoms with van der Waals surface area (Å²) in [5, 5.41) is 2.58. The molecule has 5 unspecified atom stereocenters. The van der Waals surface area contributed by atoms with Crippen molar-refractivity contribution in [2.75, 3.05) is 46.6 Å². The number of morpholine rings is 1. The van der Waals surface area contributed by atoms with E-state index in [4.69, 9.17) is 16.3 Å². The second kappa shape index (κ2) is 8.85. The number of carbonyl (C=O) groups excluding carboxylic acids is 1. The smallest absolute Gasteiger partial charge is 0.296 e. The van der Waals surface area contributed by atoms with Crippen LogP contribution < -0.4 is 15.6 Å². The maximum atomic E-state index is 14.6. The summed E-state index contributed by atoms with van der Waals surface area (Å²) in [6, 6.07) is 0.143. The third-order valence-corrected chi connectivity index (χ3v) is 7.29. The highest BCUT2D eigenvalue weighted by atomic mass is 35.5. The number of carbonyl (C=O) groups is 1. The molecular formula is C15H27ClFN5O4S. The van der Waals surface area contributed by atoms with Gasteiger partial charge in [0, 0.05) is 32.3 Å². The van der Waals surface area contributed by atoms with Crippen LogP contribution in [0.4, 0.5) is 4.39 Å². The first-order valence-electron chi connectivity index (χ1n) is 9.12. The van der Waals surface area contributed by atoms with Gasteiger partial charge in [-0.25, -0.2) is 4.39 Å². The fourth-order valence-electron chi connectivity index (χ4n) is 3.92. The van der Waals surface area contributed by atoms with Crippen molar-refractivity contribution in [1.29, 1.82) is 0 Å². The molecule has 3 rings (SSSR count). The molecule has 0 aromatic carbocycles. The molecular weight excluding hydrogens is 401 g/mol. The zero-order chi connectivity index (χ0) is 19.6. The highest BCUT2D eigenvalue weighted by molar-refractivity contribution is 7.87. The van der Waals surface area contributed by atoms with E-state index in [0.717, 1.165) is 13.2 Å². The standard InChI is InChI=1S/C15H27ClFN5O4S/c1-21-8-13(18-9-21)10-6-11(14(17)12(16)7-10)15(23)19-20-27(24,25)22-2-4-26-5-3-22/h10-14,18,20H,2-9H2,1H3,(H,19,23). The molecule has 156 valence electrons. The van der Waals surface area contributed by atoms with E-state index in [9.17, 15) is 17.6 Å². The molecule has 3 aliphatic rings. The van der Waals surface area contributed by atoms with Gasteiger partial charge in [0.1, 0.15) is 6.17 Å². The number of amides is 1. The molecule has 1 saturated carbocycles. The van der Waals surface area contributed by atoms with Crippen LogP contribution >= 0.6 is 11.6 Å². The van der Waals surface area contributed by atoms with Gasteiger partial charge >= 0.3 is 0 Å². The summed E-state index contributed by atoms with van der Waals surface area (Å²) in [5.74, 6) is -1.64. The van der Waals surface area contributed by atoms with Crippen LogP contribution in [0.3, 0.4) is 0 Å². The number of nitrogens with zero attached hydrogens (tertiary/aromatic N) is 2. The Balaban J connectivity index is 1.58. The minimum Gasteiger partial charge on any atom is -0.379 e. The van der Waals surface area contributed by atoms with E-state index in [0.29, 0.717) is 26.1 Å². The van der Waals surface area contributed by atoms with Crippen LogP contribution in [0, 0.1) is 11.8 Å². The van der Waals surface area contributed by atoms with Crippen molar-refractivity contribution in [2.45, 2.75) is 30.4 Å². The average molecular weight is 428 g/mol. The van der Waals surface area contributed by atoms with Gasteiger partial charge in [-0.1, -0.05) is 0 Å². The van der Waals surface area contributed by atoms with E-state index >= 15 is 0 Å². The Bertz CT molecular complexity index is 636. The number of rotatable bonds is 5. The molecule has 0 aromatic heterocycles. The van der Waals surface area contributed by atoms with Crippen molar-refractivity contribution in [3.05, 3.63) is 0 Å². The molecule has 2 aliphatic heterocycles. The lowest BCUT2D eigenvalue weighted by molar-refractivity contribution is -0.129. The van der Waals surface area contributed by atoms with Crippen molar-refractivity contribution in [3.63, 3.8) is 0 Å². The van der Waals surface area contributed by atoms with E-state index in [2.05, 4.69) is 20.5 Å². The molecule has 0 bridgehead atoms. The number of hydrogen-bond donors (Lipinski definition) is 3. The molecule has 5 atom stereocenters. The van der Waals surface area contributed by atoms with Crippen LogP contribution in [-0.2, 0) is 19.7 Å². The second-order valence-corrected chi connectivity index (χ2v) is 9.64. The van der Waals surface area contributed by atoms with Gasteiger partial charge in [-0.05, 0) is 25.8 Å². The van der Waals surface area contributed by atoms with Crippen molar-refractivity contribution in [1.82, 2.24) is 24.8 Å². The topological polar surface area (TPSA) is 103 Å². The Morgan fingerprint density at radius 3 is 2.63 bits per heavy atom. The molecule has 2 heterocycles. The van der Waals surface area contributed by atoms with Crippen molar-refractivity contribution < 1.29 is 22.3 Å². The number of likely N-dealkylation sites (N-methyl/N-ethyl adjacent to an activating group) is 1. The molecule has 0 spiro atoms. The predicted molar refractivity (Wildman–Crippen MR) is 97.8 cm³/mol. The number of ether oxygens (including phenoxy) is 1. The SMILES string of the molecule is CN1CNC(C2CC(Cl)C(F)C(C(=O)NNS(=O)(=O)N3CCOCC3)C2)C1. The van der Waals surface area contributed by atoms with E-state index in [1.165, 1.54) is 4.31 Å². The first-order valence-corrected chi connectivity index (χ1v) is 11.0. The molecule has 27 heavy (non-hydrogen) atoms. The highest BCUT2D eigenvalue weighted by Crippen LogP contribution is 2.37. The van der Waals surface area contributed by atoms with Gasteiger partial charge in [0.15, 0.2) is 0 Å². The van der Waals surface area contributed by atoms with Crippen LogP contribution in [-0.4, -0.2) is 87.7 Å². The summed E-state index contributed by atoms with van der Waals surface area (Å²) < 4.78 is 45.3. The number of nitrogens with one attached hydrogen (secondary N) is 3. The minimum atomic E-state index is -3.89. The quantitative estimate of drug-likeness (QED) is 0.385. The maximum absolute atomic E-state index is 14.6. The van der Waals surface area contributed by atoms with E-state index in [-0.39, 0.29) is 25.0 Å². The Labute approximate surface area is 164 Å². The first-order chi connectivity index (χ1) is 12.8. The van der Waals surface area contributed by atoms with Crippen LogP contribution in [0.5, 0.6) is 0 Å². The first kappa shape index (κ1) is 21.2. The molecule has 9 nitrogen and oxygen atoms in total. The summed E-state index contributed by atoms with van der Waals surface area (Å²) in [6.45, 7) is 2.54. The van der Waals surface area contributed by atoms with Gasteiger partial charge in [0.25, 0.3) is 10.2 Å². The number of alkyl halides is 2. The molecule has 1 amide bonds. The normalized spacial score (nSPS) is 36.6. The van der Waals surface area contributed by atoms with Crippen LogP contribution in [0.2, 0.25) is 0 Å². The molecule has 12 heteroatoms. The van der Waals surface area contributed by atoms with Crippen molar-refractivity contribution in [3.8, 4) is 0 Å². The highest BCUT2D eigenvalue weighted by Gasteiger charge is 2.44. The average Bonchev–Trinajstić information content (AvgIpc) is 3.09. The van der Waals surface area contributed by atoms with Crippen molar-refractivity contribution >= 4 is 27.7 Å². The summed E-state index contributed by atoms with van der Waals surface area (Å²) in [5.41, 5.74) is 2.17. The summed E-state index contributed by atoms with van der Waals surface area (Å²) in [6.07, 6.45) is -0.714. The van der Waals surface area contributed by atoms with Gasteiger partial charge in [-0.15, -0.1) is 16.4 Å². The Morgan fingerprint density at radius 2 is 2.00 bits per heavy atom. The van der Waals surface area contributed by atoms with Gasteiger partial charge < -0.3 is 4.74 Å². The summed E-state index contributed by atoms with van der Waals surface area (Å²) in [4.78, 5) is 16.7. The maximum Gasteiger partial charge on any atom is 0.296 e. The zero-order valence-corrected chi connectivity index (χ0v) is 16.8. The Hall–Kier alpha value is -0.560. The number of hydrogen-bond acceptors (Lipinski definition) is 6. The number of hydrazine groups is 1. The fourth-order valence-corrected chi connectivity index (χ4v) is 5.31. The van der Waals surface area contributed by atoms with Gasteiger partial charge in [0.05, 0.1) is 24.5 Å². The molecule has 0 radical (unpaired) electrons. The second-order valence-electron chi connectivity index (χ2n) is 7.41. The van der Waals surface area contributed by atoms with Crippen molar-refractivity contribution in [2.24, 2.45) is 11.8 Å². The lowest BCUT2D eigenvalue weighted by Crippen LogP contribution is -2.55. The van der Waals surface area contributed by atoms with E-state index in [1.807, 2.05) is 7.05 Å². The third-order valence-electron chi connectivity index (χ3n) is 5.47. The van der Waals surface area contributed by atoms with Crippen LogP contribution in [0.15, 0.2) is 0 Å². The molecule has 1 aliphatic carbocycles. The van der Waals surface area contributed by atoms with E-state index < -0.39 is 33.6 Å². The molecule has 3 N–H and O–H groups in total. The molecule has 0 aromatic rings. The molecule has 2 saturated heterocycles. The molecule has 3 fully saturated rings. The largest absolute Gasteiger partial charge is 0.379 e. The van der Waals surface area contributed by atoms with Gasteiger partial charge in [0.2, 0.25) is 5.91 Å². The summed E-state index contributed by atoms with van der Waals surface area (Å²) >= 11 is 6.17. The van der Waals surface area contributed by atoms with Crippen LogP contribution in [0.25, 0.3) is 0 Å². The zero-order valence-electron chi connectivity index (χ0n) is 15.2. The fraction of sp³-hybridized carbons (Fsp3) is 0.933. The Morgan fingerprint density at radius 1 is 1.30 bits per heavy atom. The minimum absolute atomic E-state index is 0.0519. The number of halogens is 2. The lowest BCUT2D eigenvalue weighted by atomic mass is 9.76. The summed E-state index contributed by atoms with van der Waals surface area (Å²) in [7, 11) is -1.90. The van der Waals surface area contributed by atoms with E-state index in [1.54, 1.807) is 0 Å². The predicted octanol–water partition coefficient (Wildman–Crippen LogP) is -0.983. The third kappa shape index (κ3) is 5.08. The lowest BCUT2D eigenvalue weighted by Gasteiger charge is -2.37. The van der Waals surface area contributed by atoms with Gasteiger partial charge in [-0.2, -0.15) is 12.7 Å². The Kier molecular flexibility index (Phi) is 6.93. The monoisotopic (exact) mass is 427 g/mol. The van der Waals surface area contributed by atoms with Crippen LogP contribution in [0.1, 0.15) is 12.8 Å². The van der Waals surface area contributed by atoms with Gasteiger partial charge in [-0.3, -0.25) is 20.4 Å².